The molecule has 1 saturated heterocycles. The van der Waals surface area contributed by atoms with Crippen molar-refractivity contribution < 1.29 is 9.90 Å². The lowest BCUT2D eigenvalue weighted by molar-refractivity contribution is -0.152. The Balaban J connectivity index is 1.77. The first-order chi connectivity index (χ1) is 13.1. The molecular weight excluding hydrogens is 360 g/mol. The van der Waals surface area contributed by atoms with Crippen LogP contribution >= 0.6 is 11.3 Å². The quantitative estimate of drug-likeness (QED) is 0.720. The maximum absolute atomic E-state index is 12.4. The zero-order valence-corrected chi connectivity index (χ0v) is 16.0. The zero-order chi connectivity index (χ0) is 18.9. The first-order valence-corrected chi connectivity index (χ1v) is 10.1. The number of fused-ring (bicyclic) bond motifs is 1. The van der Waals surface area contributed by atoms with E-state index in [1.807, 2.05) is 5.51 Å². The van der Waals surface area contributed by atoms with Crippen LogP contribution in [0.5, 0.6) is 0 Å². The van der Waals surface area contributed by atoms with E-state index in [1.54, 1.807) is 29.8 Å². The van der Waals surface area contributed by atoms with E-state index >= 15 is 0 Å². The maximum Gasteiger partial charge on any atom is 0.310 e. The third-order valence-corrected chi connectivity index (χ3v) is 6.42. The fourth-order valence-corrected chi connectivity index (χ4v) is 4.91. The van der Waals surface area contributed by atoms with E-state index in [1.165, 1.54) is 0 Å². The molecule has 1 aliphatic rings. The summed E-state index contributed by atoms with van der Waals surface area (Å²) < 4.78 is 1.12. The van der Waals surface area contributed by atoms with Gasteiger partial charge in [0.2, 0.25) is 5.95 Å². The van der Waals surface area contributed by atoms with Crippen molar-refractivity contribution >= 4 is 33.5 Å². The minimum Gasteiger partial charge on any atom is -0.481 e. The summed E-state index contributed by atoms with van der Waals surface area (Å²) in [6.07, 6.45) is 5.52. The van der Waals surface area contributed by atoms with Gasteiger partial charge in [0.25, 0.3) is 0 Å². The monoisotopic (exact) mass is 382 g/mol. The summed E-state index contributed by atoms with van der Waals surface area (Å²) in [7, 11) is 0. The Morgan fingerprint density at radius 3 is 2.89 bits per heavy atom. The van der Waals surface area contributed by atoms with Crippen molar-refractivity contribution in [1.82, 2.24) is 15.0 Å². The highest BCUT2D eigenvalue weighted by Gasteiger charge is 2.49. The van der Waals surface area contributed by atoms with Crippen LogP contribution in [-0.4, -0.2) is 39.1 Å². The second-order valence-electron chi connectivity index (χ2n) is 7.09. The van der Waals surface area contributed by atoms with Gasteiger partial charge >= 0.3 is 5.97 Å². The van der Waals surface area contributed by atoms with Crippen LogP contribution < -0.4 is 4.90 Å². The minimum atomic E-state index is -0.774. The number of aliphatic carboxylic acids is 1. The van der Waals surface area contributed by atoms with Gasteiger partial charge in [-0.2, -0.15) is 0 Å². The normalized spacial score (nSPS) is 22.9. The molecule has 27 heavy (non-hydrogen) atoms. The summed E-state index contributed by atoms with van der Waals surface area (Å²) in [6.45, 7) is 3.29. The molecule has 0 aliphatic carbocycles. The third-order valence-electron chi connectivity index (χ3n) is 5.61. The highest BCUT2D eigenvalue weighted by molar-refractivity contribution is 7.16. The second-order valence-corrected chi connectivity index (χ2v) is 7.97. The molecule has 0 spiro atoms. The van der Waals surface area contributed by atoms with Gasteiger partial charge in [0.05, 0.1) is 21.1 Å². The molecule has 3 aromatic rings. The molecule has 0 saturated carbocycles. The molecule has 4 rings (SSSR count). The number of hydrogen-bond donors (Lipinski definition) is 1. The standard InChI is InChI=1S/C20H22N4O2S/c1-2-6-20(18(25)26)7-10-24(19-21-8-3-9-22-19)12-15(20)14-4-5-17-16(11-14)23-13-27-17/h3-5,8-9,11,13,15H,2,6-7,10,12H2,1H3,(H,25,26). The summed E-state index contributed by atoms with van der Waals surface area (Å²) in [5, 5.41) is 10.2. The Hall–Kier alpha value is -2.54. The van der Waals surface area contributed by atoms with Gasteiger partial charge in [0, 0.05) is 31.4 Å². The van der Waals surface area contributed by atoms with E-state index in [0.717, 1.165) is 22.2 Å². The first-order valence-electron chi connectivity index (χ1n) is 9.22. The maximum atomic E-state index is 12.4. The second kappa shape index (κ2) is 7.23. The number of thiazole rings is 1. The number of carboxylic acids is 1. The van der Waals surface area contributed by atoms with Crippen molar-refractivity contribution in [3.63, 3.8) is 0 Å². The average Bonchev–Trinajstić information content (AvgIpc) is 3.16. The average molecular weight is 382 g/mol. The number of carboxylic acid groups (broad SMARTS) is 1. The van der Waals surface area contributed by atoms with E-state index in [9.17, 15) is 9.90 Å². The van der Waals surface area contributed by atoms with Gasteiger partial charge in [-0.3, -0.25) is 4.79 Å². The molecule has 3 heterocycles. The molecule has 1 fully saturated rings. The highest BCUT2D eigenvalue weighted by atomic mass is 32.1. The first kappa shape index (κ1) is 17.9. The lowest BCUT2D eigenvalue weighted by Crippen LogP contribution is -2.50. The van der Waals surface area contributed by atoms with Crippen LogP contribution in [0.1, 0.15) is 37.7 Å². The van der Waals surface area contributed by atoms with Gasteiger partial charge in [-0.15, -0.1) is 11.3 Å². The number of benzene rings is 1. The number of nitrogens with zero attached hydrogens (tertiary/aromatic N) is 4. The van der Waals surface area contributed by atoms with Crippen LogP contribution in [0.4, 0.5) is 5.95 Å². The topological polar surface area (TPSA) is 79.2 Å². The van der Waals surface area contributed by atoms with E-state index in [2.05, 4.69) is 45.0 Å². The summed E-state index contributed by atoms with van der Waals surface area (Å²) in [5.74, 6) is -0.187. The fraction of sp³-hybridized carbons (Fsp3) is 0.400. The molecule has 6 nitrogen and oxygen atoms in total. The van der Waals surface area contributed by atoms with Crippen LogP contribution in [-0.2, 0) is 4.79 Å². The third kappa shape index (κ3) is 3.16. The number of carbonyl (C=O) groups is 1. The molecule has 0 bridgehead atoms. The van der Waals surface area contributed by atoms with Crippen LogP contribution in [0.2, 0.25) is 0 Å². The summed E-state index contributed by atoms with van der Waals surface area (Å²) in [5.41, 5.74) is 3.02. The molecule has 0 radical (unpaired) electrons. The smallest absolute Gasteiger partial charge is 0.310 e. The van der Waals surface area contributed by atoms with E-state index in [0.29, 0.717) is 31.9 Å². The van der Waals surface area contributed by atoms with Crippen molar-refractivity contribution in [3.05, 3.63) is 47.7 Å². The van der Waals surface area contributed by atoms with Crippen molar-refractivity contribution in [2.24, 2.45) is 5.41 Å². The Kier molecular flexibility index (Phi) is 4.78. The summed E-state index contributed by atoms with van der Waals surface area (Å²) >= 11 is 1.60. The molecule has 2 atom stereocenters. The number of rotatable bonds is 5. The van der Waals surface area contributed by atoms with Crippen LogP contribution in [0.15, 0.2) is 42.2 Å². The molecule has 0 amide bonds. The van der Waals surface area contributed by atoms with E-state index < -0.39 is 11.4 Å². The van der Waals surface area contributed by atoms with Gasteiger partial charge in [-0.1, -0.05) is 19.4 Å². The Morgan fingerprint density at radius 2 is 2.15 bits per heavy atom. The van der Waals surface area contributed by atoms with Crippen molar-refractivity contribution in [2.75, 3.05) is 18.0 Å². The van der Waals surface area contributed by atoms with Crippen LogP contribution in [0, 0.1) is 5.41 Å². The van der Waals surface area contributed by atoms with Crippen molar-refractivity contribution in [3.8, 4) is 0 Å². The molecule has 1 N–H and O–H groups in total. The Bertz CT molecular complexity index is 945. The Labute approximate surface area is 161 Å². The lowest BCUT2D eigenvalue weighted by Gasteiger charge is -2.45. The van der Waals surface area contributed by atoms with Gasteiger partial charge in [0.1, 0.15) is 0 Å². The fourth-order valence-electron chi connectivity index (χ4n) is 4.26. The minimum absolute atomic E-state index is 0.140. The summed E-state index contributed by atoms with van der Waals surface area (Å²) in [6, 6.07) is 7.96. The van der Waals surface area contributed by atoms with Gasteiger partial charge in [0.15, 0.2) is 0 Å². The number of aromatic nitrogens is 3. The van der Waals surface area contributed by atoms with Gasteiger partial charge in [-0.25, -0.2) is 15.0 Å². The number of hydrogen-bond acceptors (Lipinski definition) is 6. The predicted molar refractivity (Wildman–Crippen MR) is 106 cm³/mol. The largest absolute Gasteiger partial charge is 0.481 e. The molecule has 2 unspecified atom stereocenters. The predicted octanol–water partition coefficient (Wildman–Crippen LogP) is 3.95. The summed E-state index contributed by atoms with van der Waals surface area (Å²) in [4.78, 5) is 27.7. The van der Waals surface area contributed by atoms with Gasteiger partial charge < -0.3 is 10.0 Å². The Morgan fingerprint density at radius 1 is 1.33 bits per heavy atom. The molecule has 1 aromatic carbocycles. The van der Waals surface area contributed by atoms with E-state index in [-0.39, 0.29) is 5.92 Å². The molecule has 1 aliphatic heterocycles. The molecule has 7 heteroatoms. The SMILES string of the molecule is CCCC1(C(=O)O)CCN(c2ncccn2)CC1c1ccc2scnc2c1. The number of anilines is 1. The van der Waals surface area contributed by atoms with Crippen LogP contribution in [0.3, 0.4) is 0 Å². The van der Waals surface area contributed by atoms with Crippen molar-refractivity contribution in [2.45, 2.75) is 32.1 Å². The van der Waals surface area contributed by atoms with Gasteiger partial charge in [-0.05, 0) is 36.6 Å². The van der Waals surface area contributed by atoms with Crippen molar-refractivity contribution in [1.29, 1.82) is 0 Å². The number of piperidine rings is 1. The lowest BCUT2D eigenvalue weighted by atomic mass is 9.65. The van der Waals surface area contributed by atoms with E-state index in [4.69, 9.17) is 0 Å². The molecular formula is C20H22N4O2S. The molecule has 2 aromatic heterocycles. The highest BCUT2D eigenvalue weighted by Crippen LogP contribution is 2.47. The zero-order valence-electron chi connectivity index (χ0n) is 15.2. The van der Waals surface area contributed by atoms with Crippen LogP contribution in [0.25, 0.3) is 10.2 Å². The molecule has 140 valence electrons.